The van der Waals surface area contributed by atoms with E-state index in [0.29, 0.717) is 16.3 Å². The first-order chi connectivity index (χ1) is 9.58. The molecule has 0 aromatic heterocycles. The topological polar surface area (TPSA) is 53.9 Å². The first kappa shape index (κ1) is 14.6. The average molecular weight is 294 g/mol. The third-order valence-electron chi connectivity index (χ3n) is 2.76. The Bertz CT molecular complexity index is 550. The van der Waals surface area contributed by atoms with Crippen molar-refractivity contribution in [3.05, 3.63) is 46.6 Å². The molecule has 0 saturated heterocycles. The Morgan fingerprint density at radius 1 is 1.35 bits per heavy atom. The molecule has 20 heavy (non-hydrogen) atoms. The average Bonchev–Trinajstić information content (AvgIpc) is 2.77. The normalized spacial score (nSPS) is 16.5. The minimum atomic E-state index is -0.452. The highest BCUT2D eigenvalue weighted by Crippen LogP contribution is 2.19. The van der Waals surface area contributed by atoms with Gasteiger partial charge in [-0.15, -0.1) is 0 Å². The number of rotatable bonds is 5. The van der Waals surface area contributed by atoms with E-state index < -0.39 is 5.97 Å². The zero-order valence-corrected chi connectivity index (χ0v) is 12.1. The highest BCUT2D eigenvalue weighted by molar-refractivity contribution is 6.31. The molecular weight excluding hydrogens is 278 g/mol. The van der Waals surface area contributed by atoms with E-state index in [2.05, 4.69) is 10.5 Å². The largest absolute Gasteiger partial charge is 0.389 e. The third-order valence-corrected chi connectivity index (χ3v) is 3.01. The number of carbonyl (C=O) groups is 1. The Hall–Kier alpha value is -1.85. The summed E-state index contributed by atoms with van der Waals surface area (Å²) in [7, 11) is 3.97. The van der Waals surface area contributed by atoms with Crippen LogP contribution in [0.25, 0.3) is 0 Å². The molecule has 1 aliphatic rings. The zero-order valence-electron chi connectivity index (χ0n) is 11.4. The summed E-state index contributed by atoms with van der Waals surface area (Å²) < 4.78 is 0. The van der Waals surface area contributed by atoms with Gasteiger partial charge in [0.2, 0.25) is 0 Å². The second-order valence-electron chi connectivity index (χ2n) is 4.64. The van der Waals surface area contributed by atoms with Crippen LogP contribution in [-0.2, 0) is 9.63 Å². The van der Waals surface area contributed by atoms with Gasteiger partial charge in [-0.25, -0.2) is 4.79 Å². The number of carbonyl (C=O) groups excluding carboxylic acids is 1. The Labute approximate surface area is 122 Å². The molecule has 0 aliphatic carbocycles. The van der Waals surface area contributed by atoms with Crippen molar-refractivity contribution in [2.75, 3.05) is 27.2 Å². The number of halogens is 1. The molecule has 2 rings (SSSR count). The highest BCUT2D eigenvalue weighted by atomic mass is 35.5. The van der Waals surface area contributed by atoms with Gasteiger partial charge in [-0.3, -0.25) is 0 Å². The predicted octanol–water partition coefficient (Wildman–Crippen LogP) is 1.64. The third kappa shape index (κ3) is 3.59. The summed E-state index contributed by atoms with van der Waals surface area (Å²) in [5, 5.41) is 7.54. The summed E-state index contributed by atoms with van der Waals surface area (Å²) in [6.45, 7) is 1.60. The molecule has 0 bridgehead atoms. The summed E-state index contributed by atoms with van der Waals surface area (Å²) in [5.74, 6) is -0.452. The summed E-state index contributed by atoms with van der Waals surface area (Å²) in [6, 6.07) is 7.10. The van der Waals surface area contributed by atoms with Gasteiger partial charge in [0.15, 0.2) is 0 Å². The number of benzene rings is 1. The van der Waals surface area contributed by atoms with Crippen LogP contribution in [0.1, 0.15) is 5.56 Å². The number of likely N-dealkylation sites (N-methyl/N-ethyl adjacent to an activating group) is 1. The maximum atomic E-state index is 11.7. The zero-order chi connectivity index (χ0) is 14.5. The molecule has 0 radical (unpaired) electrons. The Kier molecular flexibility index (Phi) is 4.76. The molecule has 1 aromatic carbocycles. The fourth-order valence-electron chi connectivity index (χ4n) is 1.69. The van der Waals surface area contributed by atoms with Gasteiger partial charge in [0, 0.05) is 29.9 Å². The van der Waals surface area contributed by atoms with Crippen molar-refractivity contribution in [2.45, 2.75) is 0 Å². The van der Waals surface area contributed by atoms with Gasteiger partial charge in [0.25, 0.3) is 0 Å². The van der Waals surface area contributed by atoms with Crippen LogP contribution in [0.4, 0.5) is 0 Å². The molecule has 1 heterocycles. The molecule has 106 valence electrons. The molecule has 5 nitrogen and oxygen atoms in total. The first-order valence-electron chi connectivity index (χ1n) is 6.22. The number of hydrogen-bond acceptors (Lipinski definition) is 5. The van der Waals surface area contributed by atoms with Crippen LogP contribution in [-0.4, -0.2) is 43.8 Å². The van der Waals surface area contributed by atoms with Gasteiger partial charge >= 0.3 is 5.97 Å². The van der Waals surface area contributed by atoms with Gasteiger partial charge in [0.05, 0.1) is 0 Å². The maximum Gasteiger partial charge on any atom is 0.369 e. The number of oxime groups is 1. The fourth-order valence-corrected chi connectivity index (χ4v) is 1.81. The maximum absolute atomic E-state index is 11.7. The van der Waals surface area contributed by atoms with E-state index in [4.69, 9.17) is 16.4 Å². The van der Waals surface area contributed by atoms with Crippen LogP contribution in [0.5, 0.6) is 0 Å². The Balaban J connectivity index is 2.10. The van der Waals surface area contributed by atoms with Crippen molar-refractivity contribution in [3.63, 3.8) is 0 Å². The van der Waals surface area contributed by atoms with Crippen molar-refractivity contribution in [1.82, 2.24) is 10.2 Å². The van der Waals surface area contributed by atoms with E-state index in [1.54, 1.807) is 30.5 Å². The molecule has 0 saturated carbocycles. The standard InChI is InChI=1S/C14H16ClN3O2/c1-18(2)8-7-16-9-12-13(17-20-14(12)19)10-3-5-11(15)6-4-10/h3-6,9,16H,7-8H2,1-2H3/b12-9-. The molecule has 0 unspecified atom stereocenters. The predicted molar refractivity (Wildman–Crippen MR) is 78.7 cm³/mol. The van der Waals surface area contributed by atoms with Crippen LogP contribution in [0, 0.1) is 0 Å². The van der Waals surface area contributed by atoms with E-state index >= 15 is 0 Å². The highest BCUT2D eigenvalue weighted by Gasteiger charge is 2.26. The van der Waals surface area contributed by atoms with Crippen molar-refractivity contribution < 1.29 is 9.63 Å². The van der Waals surface area contributed by atoms with E-state index in [1.807, 2.05) is 19.0 Å². The molecule has 0 spiro atoms. The van der Waals surface area contributed by atoms with Gasteiger partial charge in [-0.2, -0.15) is 0 Å². The molecule has 0 amide bonds. The molecule has 1 aliphatic heterocycles. The molecule has 0 fully saturated rings. The van der Waals surface area contributed by atoms with Crippen LogP contribution in [0.15, 0.2) is 41.2 Å². The quantitative estimate of drug-likeness (QED) is 0.509. The van der Waals surface area contributed by atoms with E-state index in [9.17, 15) is 4.79 Å². The second-order valence-corrected chi connectivity index (χ2v) is 5.08. The summed E-state index contributed by atoms with van der Waals surface area (Å²) >= 11 is 5.85. The van der Waals surface area contributed by atoms with Crippen LogP contribution < -0.4 is 5.32 Å². The van der Waals surface area contributed by atoms with Gasteiger partial charge in [0.1, 0.15) is 11.3 Å². The second kappa shape index (κ2) is 6.54. The van der Waals surface area contributed by atoms with Gasteiger partial charge in [-0.05, 0) is 26.2 Å². The Morgan fingerprint density at radius 2 is 2.05 bits per heavy atom. The summed E-state index contributed by atoms with van der Waals surface area (Å²) in [4.78, 5) is 18.5. The fraction of sp³-hybridized carbons (Fsp3) is 0.286. The van der Waals surface area contributed by atoms with E-state index in [-0.39, 0.29) is 0 Å². The molecule has 1 N–H and O–H groups in total. The van der Waals surface area contributed by atoms with Crippen molar-refractivity contribution in [1.29, 1.82) is 0 Å². The first-order valence-corrected chi connectivity index (χ1v) is 6.59. The summed E-state index contributed by atoms with van der Waals surface area (Å²) in [6.07, 6.45) is 1.65. The smallest absolute Gasteiger partial charge is 0.369 e. The van der Waals surface area contributed by atoms with Gasteiger partial charge in [-0.1, -0.05) is 28.9 Å². The Morgan fingerprint density at radius 3 is 2.70 bits per heavy atom. The molecule has 6 heteroatoms. The minimum absolute atomic E-state index is 0.422. The minimum Gasteiger partial charge on any atom is -0.389 e. The lowest BCUT2D eigenvalue weighted by Gasteiger charge is -2.09. The lowest BCUT2D eigenvalue weighted by Crippen LogP contribution is -2.24. The van der Waals surface area contributed by atoms with Crippen molar-refractivity contribution in [3.8, 4) is 0 Å². The van der Waals surface area contributed by atoms with E-state index in [1.165, 1.54) is 0 Å². The molecular formula is C14H16ClN3O2. The van der Waals surface area contributed by atoms with Gasteiger partial charge < -0.3 is 15.1 Å². The monoisotopic (exact) mass is 293 g/mol. The number of nitrogens with zero attached hydrogens (tertiary/aromatic N) is 2. The molecule has 0 atom stereocenters. The number of nitrogens with one attached hydrogen (secondary N) is 1. The van der Waals surface area contributed by atoms with Crippen LogP contribution >= 0.6 is 11.6 Å². The van der Waals surface area contributed by atoms with E-state index in [0.717, 1.165) is 18.7 Å². The summed E-state index contributed by atoms with van der Waals surface area (Å²) in [5.41, 5.74) is 1.73. The van der Waals surface area contributed by atoms with Crippen molar-refractivity contribution in [2.24, 2.45) is 5.16 Å². The SMILES string of the molecule is CN(C)CCN/C=C1\C(=O)ON=C1c1ccc(Cl)cc1. The van der Waals surface area contributed by atoms with Crippen molar-refractivity contribution >= 4 is 23.3 Å². The van der Waals surface area contributed by atoms with Crippen LogP contribution in [0.2, 0.25) is 5.02 Å². The molecule has 1 aromatic rings. The van der Waals surface area contributed by atoms with Crippen LogP contribution in [0.3, 0.4) is 0 Å². The number of hydrogen-bond donors (Lipinski definition) is 1. The lowest BCUT2D eigenvalue weighted by molar-refractivity contribution is -0.136. The lowest BCUT2D eigenvalue weighted by atomic mass is 10.0.